The molecule has 2 aromatic carbocycles. The number of hydrogen-bond donors (Lipinski definition) is 1. The number of nitrogens with zero attached hydrogens (tertiary/aromatic N) is 2. The van der Waals surface area contributed by atoms with Crippen LogP contribution in [0.15, 0.2) is 48.5 Å². The fourth-order valence-corrected chi connectivity index (χ4v) is 4.59. The molecule has 0 heterocycles. The van der Waals surface area contributed by atoms with E-state index in [1.807, 2.05) is 38.1 Å². The van der Waals surface area contributed by atoms with Crippen molar-refractivity contribution in [2.45, 2.75) is 59.0 Å². The summed E-state index contributed by atoms with van der Waals surface area (Å²) >= 11 is 0. The van der Waals surface area contributed by atoms with Crippen LogP contribution >= 0.6 is 0 Å². The minimum Gasteiger partial charge on any atom is -0.354 e. The quantitative estimate of drug-likeness (QED) is 0.417. The number of anilines is 1. The van der Waals surface area contributed by atoms with E-state index in [4.69, 9.17) is 0 Å². The maximum atomic E-state index is 13.3. The molecule has 7 nitrogen and oxygen atoms in total. The molecule has 0 aliphatic rings. The zero-order valence-electron chi connectivity index (χ0n) is 21.0. The van der Waals surface area contributed by atoms with Crippen molar-refractivity contribution in [3.8, 4) is 0 Å². The lowest BCUT2D eigenvalue weighted by molar-refractivity contribution is -0.140. The predicted octanol–water partition coefficient (Wildman–Crippen LogP) is 4.01. The summed E-state index contributed by atoms with van der Waals surface area (Å²) in [7, 11) is -3.62. The summed E-state index contributed by atoms with van der Waals surface area (Å²) in [6.45, 7) is 6.60. The van der Waals surface area contributed by atoms with Crippen LogP contribution in [0, 0.1) is 12.7 Å². The summed E-state index contributed by atoms with van der Waals surface area (Å²) in [5, 5.41) is 2.88. The second-order valence-electron chi connectivity index (χ2n) is 8.74. The van der Waals surface area contributed by atoms with Crippen LogP contribution in [0.3, 0.4) is 0 Å². The third-order valence-corrected chi connectivity index (χ3v) is 6.93. The number of hydrogen-bond acceptors (Lipinski definition) is 4. The molecule has 0 radical (unpaired) electrons. The van der Waals surface area contributed by atoms with E-state index in [0.29, 0.717) is 12.2 Å². The van der Waals surface area contributed by atoms with Gasteiger partial charge in [0.25, 0.3) is 0 Å². The normalized spacial score (nSPS) is 12.1. The molecule has 2 aromatic rings. The topological polar surface area (TPSA) is 86.8 Å². The average molecular weight is 506 g/mol. The lowest BCUT2D eigenvalue weighted by Crippen LogP contribution is -2.48. The second-order valence-corrected chi connectivity index (χ2v) is 10.6. The Morgan fingerprint density at radius 3 is 2.23 bits per heavy atom. The number of unbranched alkanes of at least 4 members (excludes halogenated alkanes) is 1. The molecule has 0 unspecified atom stereocenters. The van der Waals surface area contributed by atoms with Gasteiger partial charge in [-0.1, -0.05) is 43.2 Å². The maximum absolute atomic E-state index is 13.3. The first-order chi connectivity index (χ1) is 16.5. The van der Waals surface area contributed by atoms with E-state index < -0.39 is 21.9 Å². The third-order valence-electron chi connectivity index (χ3n) is 5.74. The van der Waals surface area contributed by atoms with Crippen LogP contribution < -0.4 is 9.62 Å². The van der Waals surface area contributed by atoms with Crippen molar-refractivity contribution >= 4 is 27.5 Å². The number of nitrogens with one attached hydrogen (secondary N) is 1. The molecular weight excluding hydrogens is 469 g/mol. The summed E-state index contributed by atoms with van der Waals surface area (Å²) in [4.78, 5) is 27.5. The second kappa shape index (κ2) is 13.2. The van der Waals surface area contributed by atoms with Crippen molar-refractivity contribution in [3.05, 3.63) is 65.5 Å². The number of aryl methyl sites for hydroxylation is 1. The molecule has 2 amide bonds. The Morgan fingerprint density at radius 1 is 1.03 bits per heavy atom. The molecule has 0 saturated heterocycles. The lowest BCUT2D eigenvalue weighted by atomic mass is 10.1. The van der Waals surface area contributed by atoms with Crippen LogP contribution in [0.2, 0.25) is 0 Å². The molecule has 192 valence electrons. The van der Waals surface area contributed by atoms with E-state index in [1.54, 1.807) is 6.92 Å². The first-order valence-corrected chi connectivity index (χ1v) is 13.7. The zero-order valence-corrected chi connectivity index (χ0v) is 21.8. The Balaban J connectivity index is 2.12. The largest absolute Gasteiger partial charge is 0.354 e. The number of halogens is 1. The molecule has 0 bridgehead atoms. The average Bonchev–Trinajstić information content (AvgIpc) is 2.81. The number of rotatable bonds is 13. The van der Waals surface area contributed by atoms with E-state index in [0.717, 1.165) is 34.5 Å². The molecule has 0 aliphatic carbocycles. The molecule has 35 heavy (non-hydrogen) atoms. The van der Waals surface area contributed by atoms with Gasteiger partial charge in [-0.15, -0.1) is 0 Å². The van der Waals surface area contributed by atoms with Crippen LogP contribution in [0.4, 0.5) is 10.1 Å². The number of carbonyl (C=O) groups excluding carboxylic acids is 2. The van der Waals surface area contributed by atoms with E-state index in [-0.39, 0.29) is 37.7 Å². The zero-order chi connectivity index (χ0) is 26.0. The van der Waals surface area contributed by atoms with Gasteiger partial charge in [-0.2, -0.15) is 0 Å². The van der Waals surface area contributed by atoms with Crippen LogP contribution in [0.1, 0.15) is 50.7 Å². The Morgan fingerprint density at radius 2 is 1.66 bits per heavy atom. The highest BCUT2D eigenvalue weighted by Crippen LogP contribution is 2.19. The minimum atomic E-state index is -3.62. The molecule has 0 aliphatic heterocycles. The van der Waals surface area contributed by atoms with Gasteiger partial charge in [0.15, 0.2) is 0 Å². The van der Waals surface area contributed by atoms with Crippen molar-refractivity contribution in [1.29, 1.82) is 0 Å². The standard InChI is InChI=1S/C26H36FN3O4S/c1-5-6-17-28-26(32)21(3)29(19-22-11-9-20(2)10-12-22)25(31)8-7-18-30(35(4,33)34)24-15-13-23(27)14-16-24/h9-16,21H,5-8,17-19H2,1-4H3,(H,28,32)/t21-/m0/s1. The molecule has 9 heteroatoms. The minimum absolute atomic E-state index is 0.0612. The highest BCUT2D eigenvalue weighted by Gasteiger charge is 2.26. The fourth-order valence-electron chi connectivity index (χ4n) is 3.62. The summed E-state index contributed by atoms with van der Waals surface area (Å²) in [5.74, 6) is -0.922. The molecule has 1 atom stereocenters. The first-order valence-electron chi connectivity index (χ1n) is 11.9. The van der Waals surface area contributed by atoms with Gasteiger partial charge in [0.2, 0.25) is 21.8 Å². The predicted molar refractivity (Wildman–Crippen MR) is 137 cm³/mol. The van der Waals surface area contributed by atoms with Gasteiger partial charge in [-0.25, -0.2) is 12.8 Å². The molecule has 1 N–H and O–H groups in total. The van der Waals surface area contributed by atoms with E-state index in [9.17, 15) is 22.4 Å². The molecule has 0 aromatic heterocycles. The maximum Gasteiger partial charge on any atom is 0.242 e. The van der Waals surface area contributed by atoms with Crippen molar-refractivity contribution < 1.29 is 22.4 Å². The van der Waals surface area contributed by atoms with Gasteiger partial charge in [0.05, 0.1) is 11.9 Å². The monoisotopic (exact) mass is 505 g/mol. The lowest BCUT2D eigenvalue weighted by Gasteiger charge is -2.29. The molecule has 0 spiro atoms. The highest BCUT2D eigenvalue weighted by atomic mass is 32.2. The molecular formula is C26H36FN3O4S. The van der Waals surface area contributed by atoms with Gasteiger partial charge >= 0.3 is 0 Å². The van der Waals surface area contributed by atoms with E-state index in [1.165, 1.54) is 29.2 Å². The van der Waals surface area contributed by atoms with Crippen molar-refractivity contribution in [3.63, 3.8) is 0 Å². The SMILES string of the molecule is CCCCNC(=O)[C@H](C)N(Cc1ccc(C)cc1)C(=O)CCCN(c1ccc(F)cc1)S(C)(=O)=O. The van der Waals surface area contributed by atoms with E-state index >= 15 is 0 Å². The van der Waals surface area contributed by atoms with Crippen molar-refractivity contribution in [2.24, 2.45) is 0 Å². The summed E-state index contributed by atoms with van der Waals surface area (Å²) in [5.41, 5.74) is 2.33. The smallest absolute Gasteiger partial charge is 0.242 e. The van der Waals surface area contributed by atoms with Crippen molar-refractivity contribution in [2.75, 3.05) is 23.7 Å². The number of benzene rings is 2. The summed E-state index contributed by atoms with van der Waals surface area (Å²) in [6.07, 6.45) is 3.19. The first kappa shape index (κ1) is 28.3. The fraction of sp³-hybridized carbons (Fsp3) is 0.462. The molecule has 2 rings (SSSR count). The number of sulfonamides is 1. The Bertz CT molecular complexity index is 1070. The van der Waals surface area contributed by atoms with Crippen molar-refractivity contribution in [1.82, 2.24) is 10.2 Å². The Hall–Kier alpha value is -2.94. The van der Waals surface area contributed by atoms with Gasteiger partial charge < -0.3 is 10.2 Å². The van der Waals surface area contributed by atoms with Gasteiger partial charge in [-0.05, 0) is 56.5 Å². The third kappa shape index (κ3) is 8.98. The van der Waals surface area contributed by atoms with Gasteiger partial charge in [-0.3, -0.25) is 13.9 Å². The summed E-state index contributed by atoms with van der Waals surface area (Å²) < 4.78 is 39.0. The highest BCUT2D eigenvalue weighted by molar-refractivity contribution is 7.92. The van der Waals surface area contributed by atoms with E-state index in [2.05, 4.69) is 5.32 Å². The molecule has 0 saturated carbocycles. The Kier molecular flexibility index (Phi) is 10.7. The number of carbonyl (C=O) groups is 2. The van der Waals surface area contributed by atoms with Crippen LogP contribution in [-0.2, 0) is 26.2 Å². The van der Waals surface area contributed by atoms with Crippen LogP contribution in [0.5, 0.6) is 0 Å². The Labute approximate surface area is 208 Å². The number of amides is 2. The summed E-state index contributed by atoms with van der Waals surface area (Å²) in [6, 6.07) is 12.3. The van der Waals surface area contributed by atoms with Crippen LogP contribution in [-0.4, -0.2) is 50.5 Å². The van der Waals surface area contributed by atoms with Gasteiger partial charge in [0, 0.05) is 26.1 Å². The molecule has 0 fully saturated rings. The van der Waals surface area contributed by atoms with Crippen LogP contribution in [0.25, 0.3) is 0 Å². The van der Waals surface area contributed by atoms with Gasteiger partial charge in [0.1, 0.15) is 11.9 Å².